The second-order valence-corrected chi connectivity index (χ2v) is 18.8. The van der Waals surface area contributed by atoms with Gasteiger partial charge in [-0.15, -0.1) is 0 Å². The van der Waals surface area contributed by atoms with Gasteiger partial charge in [0.15, 0.2) is 5.16 Å². The van der Waals surface area contributed by atoms with Gasteiger partial charge in [0.25, 0.3) is 0 Å². The molecule has 0 amide bonds. The summed E-state index contributed by atoms with van der Waals surface area (Å²) in [5.41, 5.74) is -2.26. The number of hydrogen-bond acceptors (Lipinski definition) is 10. The summed E-state index contributed by atoms with van der Waals surface area (Å²) in [6, 6.07) is 0. The first-order valence-corrected chi connectivity index (χ1v) is 23.3. The van der Waals surface area contributed by atoms with Gasteiger partial charge in [-0.1, -0.05) is 48.0 Å². The Morgan fingerprint density at radius 3 is 1.17 bits per heavy atom. The Balaban J connectivity index is -0.000000296. The zero-order valence-corrected chi connectivity index (χ0v) is 34.6. The zero-order valence-electron chi connectivity index (χ0n) is 31.0. The number of esters is 1. The Morgan fingerprint density at radius 2 is 0.981 bits per heavy atom. The highest BCUT2D eigenvalue weighted by atomic mass is 31.2. The maximum absolute atomic E-state index is 11.0. The van der Waals surface area contributed by atoms with Gasteiger partial charge >= 0.3 is 54.3 Å². The van der Waals surface area contributed by atoms with E-state index in [4.69, 9.17) is 49.6 Å². The normalized spacial score (nSPS) is 14.4. The fourth-order valence-corrected chi connectivity index (χ4v) is 8.73. The van der Waals surface area contributed by atoms with Crippen LogP contribution in [0.25, 0.3) is 0 Å². The summed E-state index contributed by atoms with van der Waals surface area (Å²) < 4.78 is 52.2. The second-order valence-electron chi connectivity index (χ2n) is 11.5. The van der Waals surface area contributed by atoms with Crippen molar-refractivity contribution in [3.63, 3.8) is 0 Å². The van der Waals surface area contributed by atoms with Crippen LogP contribution >= 0.6 is 30.4 Å². The van der Waals surface area contributed by atoms with Crippen molar-refractivity contribution in [2.45, 2.75) is 112 Å². The maximum Gasteiger partial charge on any atom is 0.342 e. The molecule has 0 aromatic heterocycles. The van der Waals surface area contributed by atoms with E-state index in [2.05, 4.69) is 9.26 Å². The highest BCUT2D eigenvalue weighted by molar-refractivity contribution is 7.55. The maximum atomic E-state index is 11.0. The van der Waals surface area contributed by atoms with Gasteiger partial charge in [0.1, 0.15) is 6.16 Å². The van der Waals surface area contributed by atoms with Crippen LogP contribution in [0.3, 0.4) is 0 Å². The lowest BCUT2D eigenvalue weighted by molar-refractivity contribution is -0.150. The number of hydrogen-bond donors (Lipinski definition) is 10. The number of carboxylic acids is 3. The molecule has 52 heavy (non-hydrogen) atoms. The summed E-state index contributed by atoms with van der Waals surface area (Å²) in [6.07, 6.45) is 0.123. The van der Waals surface area contributed by atoms with Gasteiger partial charge in [0, 0.05) is 0 Å². The van der Waals surface area contributed by atoms with E-state index in [1.54, 1.807) is 48.5 Å². The molecule has 10 N–H and O–H groups in total. The molecule has 2 unspecified atom stereocenters. The van der Waals surface area contributed by atoms with Crippen LogP contribution in [-0.4, -0.2) is 110 Å². The van der Waals surface area contributed by atoms with Crippen LogP contribution in [0.1, 0.15) is 107 Å². The summed E-state index contributed by atoms with van der Waals surface area (Å²) in [5.74, 6) is -4.24. The number of carboxylic acid groups (broad SMARTS) is 3. The molecule has 2 atom stereocenters. The summed E-state index contributed by atoms with van der Waals surface area (Å²) in [4.78, 5) is 105. The molecule has 0 bridgehead atoms. The van der Waals surface area contributed by atoms with Crippen LogP contribution in [0.5, 0.6) is 0 Å². The second kappa shape index (κ2) is 25.5. The predicted molar refractivity (Wildman–Crippen MR) is 190 cm³/mol. The fraction of sp³-hybridized carbons (Fsp3) is 0.857. The van der Waals surface area contributed by atoms with E-state index >= 15 is 0 Å². The molecule has 0 heterocycles. The van der Waals surface area contributed by atoms with E-state index in [-0.39, 0.29) is 51.5 Å². The lowest BCUT2D eigenvalue weighted by atomic mass is 9.80. The molecule has 0 spiro atoms. The third-order valence-corrected chi connectivity index (χ3v) is 13.2. The van der Waals surface area contributed by atoms with Gasteiger partial charge < -0.3 is 58.8 Å². The molecule has 312 valence electrons. The Morgan fingerprint density at radius 1 is 0.558 bits per heavy atom. The molecule has 0 saturated heterocycles. The Hall–Kier alpha value is -1.52. The minimum atomic E-state index is -4.58. The molecule has 0 aliphatic carbocycles. The Labute approximate surface area is 304 Å². The topological polar surface area (TPSA) is 357 Å². The van der Waals surface area contributed by atoms with Gasteiger partial charge in [-0.25, -0.2) is 0 Å². The molecule has 0 aliphatic rings. The lowest BCUT2D eigenvalue weighted by Crippen LogP contribution is -2.37. The van der Waals surface area contributed by atoms with Crippen LogP contribution < -0.4 is 0 Å². The summed E-state index contributed by atoms with van der Waals surface area (Å²) in [7, 11) is -16.7. The van der Waals surface area contributed by atoms with Crippen molar-refractivity contribution in [1.82, 2.24) is 0 Å². The molecular weight excluding hydrogens is 780 g/mol. The van der Waals surface area contributed by atoms with E-state index in [9.17, 15) is 37.4 Å². The van der Waals surface area contributed by atoms with Crippen LogP contribution in [0.15, 0.2) is 0 Å². The van der Waals surface area contributed by atoms with E-state index in [0.717, 1.165) is 0 Å². The largest absolute Gasteiger partial charge is 0.481 e. The highest BCUT2D eigenvalue weighted by Crippen LogP contribution is 2.55. The van der Waals surface area contributed by atoms with Crippen molar-refractivity contribution in [3.8, 4) is 0 Å². The van der Waals surface area contributed by atoms with Crippen molar-refractivity contribution >= 4 is 54.3 Å². The standard InChI is InChI=1S/C8H17O5P.2C7H15O5P.C6H13O5P/c1-3-8(4-2,7(9)10)5-6-14(11,12)13;1-3-7(4-2,6(8)9)5-13(10,11)12;1-3-5-7(4-2,6(8)9)13(10,11)12;1-3-10-6(7)5-12(8,9)11-4-2/h3-6H2,1-2H3,(H,9,10)(H2,11,12,13);2*3-5H2,1-2H3,(H,8,9)(H2,10,11,12);3-5H2,1-2H3,(H,8,9). The van der Waals surface area contributed by atoms with Gasteiger partial charge in [-0.05, 0) is 58.8 Å². The number of carbonyl (C=O) groups is 4. The number of aliphatic carboxylic acids is 3. The first kappa shape index (κ1) is 57.2. The van der Waals surface area contributed by atoms with Crippen molar-refractivity contribution in [2.24, 2.45) is 10.8 Å². The van der Waals surface area contributed by atoms with Crippen LogP contribution in [0, 0.1) is 10.8 Å². The van der Waals surface area contributed by atoms with Crippen LogP contribution in [-0.2, 0) is 46.7 Å². The van der Waals surface area contributed by atoms with E-state index in [1.807, 2.05) is 0 Å². The molecule has 20 nitrogen and oxygen atoms in total. The van der Waals surface area contributed by atoms with Crippen molar-refractivity contribution in [1.29, 1.82) is 0 Å². The third-order valence-electron chi connectivity index (χ3n) is 8.17. The fourth-order valence-electron chi connectivity index (χ4n) is 4.55. The molecule has 0 fully saturated rings. The monoisotopic (exact) mass is 840 g/mol. The molecule has 0 aromatic carbocycles. The van der Waals surface area contributed by atoms with Gasteiger partial charge in [-0.2, -0.15) is 0 Å². The minimum absolute atomic E-state index is 0.00309. The highest BCUT2D eigenvalue weighted by Gasteiger charge is 2.51. The average Bonchev–Trinajstić information content (AvgIpc) is 2.98. The molecule has 0 aliphatic heterocycles. The number of rotatable bonds is 21. The molecule has 0 rings (SSSR count). The van der Waals surface area contributed by atoms with E-state index in [1.165, 1.54) is 6.92 Å². The molecule has 0 radical (unpaired) electrons. The summed E-state index contributed by atoms with van der Waals surface area (Å²) in [5, 5.41) is 24.7. The Kier molecular flexibility index (Phi) is 28.1. The minimum Gasteiger partial charge on any atom is -0.481 e. The molecule has 0 saturated carbocycles. The van der Waals surface area contributed by atoms with Crippen molar-refractivity contribution in [2.75, 3.05) is 31.7 Å². The SMILES string of the molecule is CCC(CC)(CCP(=O)(O)O)C(=O)O.CCC(CC)(CP(=O)(O)O)C(=O)O.CCCC(CC)(C(=O)O)P(=O)(O)O.CCOC(=O)CP(=O)(O)OCC. The number of ether oxygens (including phenoxy) is 1. The number of carbonyl (C=O) groups excluding carboxylic acids is 1. The first-order chi connectivity index (χ1) is 23.4. The van der Waals surface area contributed by atoms with Gasteiger partial charge in [-0.3, -0.25) is 37.4 Å². The van der Waals surface area contributed by atoms with Crippen LogP contribution in [0.2, 0.25) is 0 Å². The molecular formula is C28H60O20P4. The average molecular weight is 841 g/mol. The third kappa shape index (κ3) is 22.6. The van der Waals surface area contributed by atoms with Crippen molar-refractivity contribution in [3.05, 3.63) is 0 Å². The van der Waals surface area contributed by atoms with E-state index < -0.39 is 82.6 Å². The predicted octanol–water partition coefficient (Wildman–Crippen LogP) is 4.47. The lowest BCUT2D eigenvalue weighted by Gasteiger charge is -2.28. The molecule has 0 aromatic rings. The van der Waals surface area contributed by atoms with Crippen molar-refractivity contribution < 1.29 is 96.3 Å². The summed E-state index contributed by atoms with van der Waals surface area (Å²) in [6.45, 7) is 13.4. The van der Waals surface area contributed by atoms with Gasteiger partial charge in [0.2, 0.25) is 0 Å². The van der Waals surface area contributed by atoms with E-state index in [0.29, 0.717) is 19.3 Å². The van der Waals surface area contributed by atoms with Crippen LogP contribution in [0.4, 0.5) is 0 Å². The zero-order chi connectivity index (χ0) is 42.4. The first-order valence-electron chi connectivity index (χ1n) is 16.3. The summed E-state index contributed by atoms with van der Waals surface area (Å²) >= 11 is 0. The van der Waals surface area contributed by atoms with Gasteiger partial charge in [0.05, 0.1) is 36.4 Å². The smallest absolute Gasteiger partial charge is 0.342 e. The quantitative estimate of drug-likeness (QED) is 0.0563. The Bertz CT molecular complexity index is 1280. The molecule has 24 heteroatoms.